The van der Waals surface area contributed by atoms with Gasteiger partial charge in [-0.05, 0) is 0 Å². The molecule has 0 fully saturated rings. The summed E-state index contributed by atoms with van der Waals surface area (Å²) in [5.74, 6) is 0. The SMILES string of the molecule is [K+].[OH-].c1ccccc1. The quantitative estimate of drug-likeness (QED) is 0.398. The number of hydrogen-bond donors (Lipinski definition) is 0. The summed E-state index contributed by atoms with van der Waals surface area (Å²) >= 11 is 0. The number of hydrogen-bond acceptors (Lipinski definition) is 1. The maximum absolute atomic E-state index is 2.00. The molecule has 0 aliphatic heterocycles. The second-order valence-electron chi connectivity index (χ2n) is 1.15. The summed E-state index contributed by atoms with van der Waals surface area (Å²) in [6.45, 7) is 0. The van der Waals surface area contributed by atoms with Gasteiger partial charge >= 0.3 is 51.4 Å². The smallest absolute Gasteiger partial charge is 0.870 e. The summed E-state index contributed by atoms with van der Waals surface area (Å²) in [7, 11) is 0. The van der Waals surface area contributed by atoms with E-state index in [0.717, 1.165) is 0 Å². The standard InChI is InChI=1S/C6H6.K.H2O/c1-2-4-6-5-3-1;;/h1-6H;;1H2/q;+1;/p-1. The molecule has 0 aromatic heterocycles. The van der Waals surface area contributed by atoms with Crippen LogP contribution in [-0.2, 0) is 0 Å². The van der Waals surface area contributed by atoms with E-state index in [1.807, 2.05) is 36.4 Å². The van der Waals surface area contributed by atoms with Crippen molar-refractivity contribution in [3.05, 3.63) is 36.4 Å². The second-order valence-corrected chi connectivity index (χ2v) is 1.15. The molecule has 0 bridgehead atoms. The first kappa shape index (κ1) is 11.6. The molecule has 0 unspecified atom stereocenters. The Morgan fingerprint density at radius 2 is 0.625 bits per heavy atom. The summed E-state index contributed by atoms with van der Waals surface area (Å²) in [5.41, 5.74) is 0. The third-order valence-electron chi connectivity index (χ3n) is 0.667. The third-order valence-corrected chi connectivity index (χ3v) is 0.667. The van der Waals surface area contributed by atoms with Crippen molar-refractivity contribution in [2.24, 2.45) is 0 Å². The molecular formula is C6H7KO. The van der Waals surface area contributed by atoms with E-state index in [-0.39, 0.29) is 56.9 Å². The molecule has 38 valence electrons. The van der Waals surface area contributed by atoms with Gasteiger partial charge in [-0.1, -0.05) is 36.4 Å². The van der Waals surface area contributed by atoms with E-state index in [4.69, 9.17) is 0 Å². The molecule has 1 aromatic rings. The van der Waals surface area contributed by atoms with Gasteiger partial charge in [0.1, 0.15) is 0 Å². The predicted molar refractivity (Wildman–Crippen MR) is 28.4 cm³/mol. The van der Waals surface area contributed by atoms with Crippen molar-refractivity contribution in [2.45, 2.75) is 0 Å². The molecule has 0 aliphatic carbocycles. The van der Waals surface area contributed by atoms with Gasteiger partial charge < -0.3 is 5.48 Å². The van der Waals surface area contributed by atoms with Gasteiger partial charge in [0.15, 0.2) is 0 Å². The van der Waals surface area contributed by atoms with Gasteiger partial charge in [0.05, 0.1) is 0 Å². The first-order valence-electron chi connectivity index (χ1n) is 2.00. The zero-order valence-electron chi connectivity index (χ0n) is 4.91. The van der Waals surface area contributed by atoms with Crippen LogP contribution in [0.5, 0.6) is 0 Å². The number of rotatable bonds is 0. The Kier molecular flexibility index (Phi) is 11.3. The Labute approximate surface area is 91.8 Å². The zero-order chi connectivity index (χ0) is 4.24. The summed E-state index contributed by atoms with van der Waals surface area (Å²) in [5, 5.41) is 0. The molecule has 0 saturated heterocycles. The largest absolute Gasteiger partial charge is 1.00 e. The summed E-state index contributed by atoms with van der Waals surface area (Å²) in [6.07, 6.45) is 0. The minimum atomic E-state index is 0. The van der Waals surface area contributed by atoms with Crippen molar-refractivity contribution in [3.8, 4) is 0 Å². The van der Waals surface area contributed by atoms with Crippen LogP contribution in [0.15, 0.2) is 36.4 Å². The molecule has 0 spiro atoms. The van der Waals surface area contributed by atoms with Crippen molar-refractivity contribution in [1.82, 2.24) is 0 Å². The monoisotopic (exact) mass is 134 g/mol. The maximum atomic E-state index is 2.00. The summed E-state index contributed by atoms with van der Waals surface area (Å²) in [6, 6.07) is 12.0. The van der Waals surface area contributed by atoms with Crippen molar-refractivity contribution in [3.63, 3.8) is 0 Å². The first-order valence-corrected chi connectivity index (χ1v) is 2.00. The van der Waals surface area contributed by atoms with Crippen LogP contribution >= 0.6 is 0 Å². The second kappa shape index (κ2) is 7.82. The topological polar surface area (TPSA) is 30.0 Å². The summed E-state index contributed by atoms with van der Waals surface area (Å²) < 4.78 is 0. The summed E-state index contributed by atoms with van der Waals surface area (Å²) in [4.78, 5) is 0. The van der Waals surface area contributed by atoms with Gasteiger partial charge in [-0.2, -0.15) is 0 Å². The van der Waals surface area contributed by atoms with E-state index in [1.165, 1.54) is 0 Å². The fourth-order valence-electron chi connectivity index (χ4n) is 0.385. The molecule has 8 heavy (non-hydrogen) atoms. The molecule has 0 heterocycles. The van der Waals surface area contributed by atoms with Gasteiger partial charge in [0.2, 0.25) is 0 Å². The third kappa shape index (κ3) is 4.96. The average Bonchev–Trinajstić information content (AvgIpc) is 1.72. The first-order chi connectivity index (χ1) is 3.00. The fraction of sp³-hybridized carbons (Fsp3) is 0. The van der Waals surface area contributed by atoms with E-state index in [1.54, 1.807) is 0 Å². The molecule has 0 amide bonds. The van der Waals surface area contributed by atoms with Crippen LogP contribution in [0.2, 0.25) is 0 Å². The Bertz CT molecular complexity index is 80.5. The van der Waals surface area contributed by atoms with Crippen LogP contribution in [0.4, 0.5) is 0 Å². The predicted octanol–water partition coefficient (Wildman–Crippen LogP) is -1.49. The average molecular weight is 134 g/mol. The van der Waals surface area contributed by atoms with Gasteiger partial charge in [-0.25, -0.2) is 0 Å². The molecule has 0 aliphatic rings. The minimum absolute atomic E-state index is 0. The molecule has 1 N–H and O–H groups in total. The van der Waals surface area contributed by atoms with Crippen molar-refractivity contribution in [1.29, 1.82) is 0 Å². The van der Waals surface area contributed by atoms with Gasteiger partial charge in [-0.15, -0.1) is 0 Å². The molecule has 1 rings (SSSR count). The van der Waals surface area contributed by atoms with E-state index in [2.05, 4.69) is 0 Å². The van der Waals surface area contributed by atoms with Crippen LogP contribution in [-0.4, -0.2) is 5.48 Å². The van der Waals surface area contributed by atoms with Crippen molar-refractivity contribution >= 4 is 0 Å². The molecular weight excluding hydrogens is 127 g/mol. The van der Waals surface area contributed by atoms with E-state index in [9.17, 15) is 0 Å². The molecule has 0 saturated carbocycles. The minimum Gasteiger partial charge on any atom is -0.870 e. The van der Waals surface area contributed by atoms with Gasteiger partial charge in [0.25, 0.3) is 0 Å². The molecule has 0 atom stereocenters. The molecule has 2 heteroatoms. The molecule has 0 radical (unpaired) electrons. The normalized spacial score (nSPS) is 6.00. The number of benzene rings is 1. The van der Waals surface area contributed by atoms with Crippen LogP contribution in [0.25, 0.3) is 0 Å². The fourth-order valence-corrected chi connectivity index (χ4v) is 0.385. The Morgan fingerprint density at radius 3 is 0.750 bits per heavy atom. The van der Waals surface area contributed by atoms with Crippen molar-refractivity contribution < 1.29 is 56.9 Å². The van der Waals surface area contributed by atoms with Gasteiger partial charge in [0, 0.05) is 0 Å². The van der Waals surface area contributed by atoms with Gasteiger partial charge in [-0.3, -0.25) is 0 Å². The van der Waals surface area contributed by atoms with E-state index < -0.39 is 0 Å². The Hall–Kier alpha value is 0.816. The van der Waals surface area contributed by atoms with E-state index in [0.29, 0.717) is 0 Å². The Balaban J connectivity index is 0. The maximum Gasteiger partial charge on any atom is 1.00 e. The van der Waals surface area contributed by atoms with Crippen LogP contribution in [0.1, 0.15) is 0 Å². The van der Waals surface area contributed by atoms with E-state index >= 15 is 0 Å². The van der Waals surface area contributed by atoms with Crippen LogP contribution in [0.3, 0.4) is 0 Å². The van der Waals surface area contributed by atoms with Crippen LogP contribution in [0, 0.1) is 0 Å². The van der Waals surface area contributed by atoms with Crippen molar-refractivity contribution in [2.75, 3.05) is 0 Å². The molecule has 1 aromatic carbocycles. The molecule has 1 nitrogen and oxygen atoms in total. The Morgan fingerprint density at radius 1 is 0.500 bits per heavy atom. The zero-order valence-corrected chi connectivity index (χ0v) is 8.03. The van der Waals surface area contributed by atoms with Crippen LogP contribution < -0.4 is 51.4 Å².